The Morgan fingerprint density at radius 1 is 1.21 bits per heavy atom. The molecular formula is C22H28N4O2. The lowest BCUT2D eigenvalue weighted by Gasteiger charge is -2.30. The van der Waals surface area contributed by atoms with E-state index < -0.39 is 0 Å². The van der Waals surface area contributed by atoms with Crippen molar-refractivity contribution >= 4 is 12.0 Å². The number of aryl methyl sites for hydroxylation is 2. The van der Waals surface area contributed by atoms with Crippen LogP contribution in [0.25, 0.3) is 6.08 Å². The SMILES string of the molecule is Cc1nn(C)cc1C(=O)N1C[C@@H]2COC[C@H](C1)N(C/C=C/c1ccccc1)C2. The lowest BCUT2D eigenvalue weighted by molar-refractivity contribution is 0.0422. The predicted octanol–water partition coefficient (Wildman–Crippen LogP) is 2.21. The van der Waals surface area contributed by atoms with Crippen LogP contribution >= 0.6 is 0 Å². The predicted molar refractivity (Wildman–Crippen MR) is 109 cm³/mol. The summed E-state index contributed by atoms with van der Waals surface area (Å²) >= 11 is 0. The Bertz CT molecular complexity index is 845. The third-order valence-corrected chi connectivity index (χ3v) is 5.56. The molecule has 0 saturated carbocycles. The van der Waals surface area contributed by atoms with Crippen molar-refractivity contribution in [3.05, 3.63) is 59.4 Å². The van der Waals surface area contributed by atoms with Gasteiger partial charge in [0.2, 0.25) is 0 Å². The van der Waals surface area contributed by atoms with Crippen molar-refractivity contribution < 1.29 is 9.53 Å². The molecule has 3 heterocycles. The zero-order valence-corrected chi connectivity index (χ0v) is 16.6. The van der Waals surface area contributed by atoms with Crippen molar-refractivity contribution in [2.45, 2.75) is 13.0 Å². The maximum Gasteiger partial charge on any atom is 0.257 e. The molecule has 4 rings (SSSR count). The quantitative estimate of drug-likeness (QED) is 0.816. The van der Waals surface area contributed by atoms with Crippen LogP contribution in [0.4, 0.5) is 0 Å². The first-order chi connectivity index (χ1) is 13.6. The molecular weight excluding hydrogens is 352 g/mol. The molecule has 2 atom stereocenters. The number of benzene rings is 1. The van der Waals surface area contributed by atoms with Crippen LogP contribution in [0.15, 0.2) is 42.6 Å². The summed E-state index contributed by atoms with van der Waals surface area (Å²) in [6.07, 6.45) is 6.21. The molecule has 6 nitrogen and oxygen atoms in total. The number of carbonyl (C=O) groups excluding carboxylic acids is 1. The summed E-state index contributed by atoms with van der Waals surface area (Å²) in [7, 11) is 1.86. The number of ether oxygens (including phenoxy) is 1. The van der Waals surface area contributed by atoms with Gasteiger partial charge in [-0.2, -0.15) is 5.10 Å². The highest BCUT2D eigenvalue weighted by atomic mass is 16.5. The maximum atomic E-state index is 13.1. The van der Waals surface area contributed by atoms with Gasteiger partial charge in [0, 0.05) is 45.3 Å². The van der Waals surface area contributed by atoms with E-state index >= 15 is 0 Å². The molecule has 2 fully saturated rings. The van der Waals surface area contributed by atoms with Crippen LogP contribution in [0, 0.1) is 12.8 Å². The molecule has 2 saturated heterocycles. The smallest absolute Gasteiger partial charge is 0.257 e. The van der Waals surface area contributed by atoms with E-state index in [9.17, 15) is 4.79 Å². The first kappa shape index (κ1) is 18.9. The molecule has 0 radical (unpaired) electrons. The number of rotatable bonds is 4. The molecule has 0 aliphatic carbocycles. The summed E-state index contributed by atoms with van der Waals surface area (Å²) in [4.78, 5) is 17.6. The van der Waals surface area contributed by atoms with Crippen LogP contribution in [0.1, 0.15) is 21.6 Å². The lowest BCUT2D eigenvalue weighted by Crippen LogP contribution is -2.45. The number of carbonyl (C=O) groups is 1. The van der Waals surface area contributed by atoms with E-state index in [0.29, 0.717) is 31.2 Å². The second-order valence-electron chi connectivity index (χ2n) is 7.84. The fraction of sp³-hybridized carbons (Fsp3) is 0.455. The van der Waals surface area contributed by atoms with E-state index in [2.05, 4.69) is 46.4 Å². The van der Waals surface area contributed by atoms with Crippen LogP contribution < -0.4 is 0 Å². The second kappa shape index (κ2) is 8.29. The minimum absolute atomic E-state index is 0.0872. The Morgan fingerprint density at radius 2 is 2.04 bits per heavy atom. The van der Waals surface area contributed by atoms with Gasteiger partial charge >= 0.3 is 0 Å². The van der Waals surface area contributed by atoms with Crippen molar-refractivity contribution in [1.82, 2.24) is 19.6 Å². The van der Waals surface area contributed by atoms with Gasteiger partial charge in [-0.05, 0) is 12.5 Å². The molecule has 0 spiro atoms. The van der Waals surface area contributed by atoms with Gasteiger partial charge < -0.3 is 9.64 Å². The normalized spacial score (nSPS) is 23.1. The van der Waals surface area contributed by atoms with E-state index in [1.807, 2.05) is 31.1 Å². The van der Waals surface area contributed by atoms with Gasteiger partial charge in [-0.25, -0.2) is 0 Å². The fourth-order valence-electron chi connectivity index (χ4n) is 4.19. The number of nitrogens with zero attached hydrogens (tertiary/aromatic N) is 4. The molecule has 2 bridgehead atoms. The zero-order valence-electron chi connectivity index (χ0n) is 16.6. The standard InChI is InChI=1S/C22H28N4O2/c1-17-21(14-24(2)23-17)22(27)26-12-19-11-25(20(13-26)16-28-15-19)10-6-9-18-7-4-3-5-8-18/h3-9,14,19-20H,10-13,15-16H2,1-2H3/b9-6+/t19-,20+/m1/s1. The number of fused-ring (bicyclic) bond motifs is 3. The van der Waals surface area contributed by atoms with Gasteiger partial charge in [0.05, 0.1) is 30.5 Å². The average Bonchev–Trinajstić information content (AvgIpc) is 2.82. The molecule has 6 heteroatoms. The summed E-state index contributed by atoms with van der Waals surface area (Å²) in [5, 5.41) is 4.33. The van der Waals surface area contributed by atoms with Gasteiger partial charge in [-0.3, -0.25) is 14.4 Å². The van der Waals surface area contributed by atoms with Crippen LogP contribution in [0.2, 0.25) is 0 Å². The molecule has 2 aliphatic heterocycles. The third-order valence-electron chi connectivity index (χ3n) is 5.56. The fourth-order valence-corrected chi connectivity index (χ4v) is 4.19. The summed E-state index contributed by atoms with van der Waals surface area (Å²) in [6.45, 7) is 6.55. The Morgan fingerprint density at radius 3 is 2.79 bits per heavy atom. The molecule has 148 valence electrons. The van der Waals surface area contributed by atoms with E-state index in [0.717, 1.165) is 25.3 Å². The summed E-state index contributed by atoms with van der Waals surface area (Å²) < 4.78 is 7.61. The van der Waals surface area contributed by atoms with Crippen LogP contribution in [-0.4, -0.2) is 70.9 Å². The van der Waals surface area contributed by atoms with E-state index in [1.165, 1.54) is 5.56 Å². The summed E-state index contributed by atoms with van der Waals surface area (Å²) in [5.41, 5.74) is 2.71. The van der Waals surface area contributed by atoms with Gasteiger partial charge in [0.1, 0.15) is 0 Å². The van der Waals surface area contributed by atoms with Crippen molar-refractivity contribution in [2.24, 2.45) is 13.0 Å². The molecule has 28 heavy (non-hydrogen) atoms. The second-order valence-corrected chi connectivity index (χ2v) is 7.84. The highest BCUT2D eigenvalue weighted by Gasteiger charge is 2.35. The minimum Gasteiger partial charge on any atom is -0.379 e. The minimum atomic E-state index is 0.0872. The molecule has 1 amide bonds. The maximum absolute atomic E-state index is 13.1. The molecule has 1 aromatic heterocycles. The molecule has 0 N–H and O–H groups in total. The Kier molecular flexibility index (Phi) is 5.59. The number of hydrogen-bond acceptors (Lipinski definition) is 4. The van der Waals surface area contributed by atoms with Crippen molar-refractivity contribution in [3.63, 3.8) is 0 Å². The number of hydrogen-bond donors (Lipinski definition) is 0. The topological polar surface area (TPSA) is 50.6 Å². The highest BCUT2D eigenvalue weighted by Crippen LogP contribution is 2.22. The van der Waals surface area contributed by atoms with Gasteiger partial charge in [0.25, 0.3) is 5.91 Å². The van der Waals surface area contributed by atoms with Crippen LogP contribution in [0.3, 0.4) is 0 Å². The molecule has 2 aromatic rings. The number of aromatic nitrogens is 2. The lowest BCUT2D eigenvalue weighted by atomic mass is 10.1. The first-order valence-electron chi connectivity index (χ1n) is 9.93. The van der Waals surface area contributed by atoms with Gasteiger partial charge in [-0.1, -0.05) is 42.5 Å². The van der Waals surface area contributed by atoms with E-state index in [-0.39, 0.29) is 11.9 Å². The zero-order chi connectivity index (χ0) is 19.5. The third kappa shape index (κ3) is 4.18. The summed E-state index contributed by atoms with van der Waals surface area (Å²) in [6, 6.07) is 10.6. The van der Waals surface area contributed by atoms with E-state index in [1.54, 1.807) is 4.68 Å². The average molecular weight is 380 g/mol. The van der Waals surface area contributed by atoms with E-state index in [4.69, 9.17) is 4.74 Å². The van der Waals surface area contributed by atoms with Crippen molar-refractivity contribution in [1.29, 1.82) is 0 Å². The Hall–Kier alpha value is -2.44. The monoisotopic (exact) mass is 380 g/mol. The Labute approximate surface area is 166 Å². The van der Waals surface area contributed by atoms with Crippen LogP contribution in [0.5, 0.6) is 0 Å². The molecule has 2 aliphatic rings. The highest BCUT2D eigenvalue weighted by molar-refractivity contribution is 5.95. The van der Waals surface area contributed by atoms with Crippen LogP contribution in [-0.2, 0) is 11.8 Å². The largest absolute Gasteiger partial charge is 0.379 e. The molecule has 0 unspecified atom stereocenters. The van der Waals surface area contributed by atoms with Gasteiger partial charge in [-0.15, -0.1) is 0 Å². The number of amides is 1. The van der Waals surface area contributed by atoms with Crippen molar-refractivity contribution in [2.75, 3.05) is 39.4 Å². The van der Waals surface area contributed by atoms with Crippen molar-refractivity contribution in [3.8, 4) is 0 Å². The molecule has 1 aromatic carbocycles. The first-order valence-corrected chi connectivity index (χ1v) is 9.93. The summed E-state index contributed by atoms with van der Waals surface area (Å²) in [5.74, 6) is 0.419. The Balaban J connectivity index is 1.47. The van der Waals surface area contributed by atoms with Gasteiger partial charge in [0.15, 0.2) is 0 Å².